The van der Waals surface area contributed by atoms with Crippen LogP contribution in [0, 0.1) is 6.92 Å². The predicted molar refractivity (Wildman–Crippen MR) is 136 cm³/mol. The molecule has 0 aliphatic heterocycles. The topological polar surface area (TPSA) is 106 Å². The quantitative estimate of drug-likeness (QED) is 0.347. The fourth-order valence-corrected chi connectivity index (χ4v) is 4.76. The van der Waals surface area contributed by atoms with Crippen molar-refractivity contribution in [2.45, 2.75) is 38.8 Å². The van der Waals surface area contributed by atoms with Crippen molar-refractivity contribution in [1.29, 1.82) is 0 Å². The normalized spacial score (nSPS) is 13.6. The van der Waals surface area contributed by atoms with E-state index in [1.165, 1.54) is 43.5 Å². The Kier molecular flexibility index (Phi) is 9.29. The summed E-state index contributed by atoms with van der Waals surface area (Å²) in [5.74, 6) is -1.25. The van der Waals surface area contributed by atoms with E-state index in [4.69, 9.17) is 11.6 Å². The number of nitrogens with zero attached hydrogens (tertiary/aromatic N) is 3. The van der Waals surface area contributed by atoms with Gasteiger partial charge in [0.2, 0.25) is 0 Å². The van der Waals surface area contributed by atoms with Crippen LogP contribution in [0.15, 0.2) is 36.4 Å². The standard InChI is InChI=1S/C24H22ClF6N5O3S/c1-12(11-40(3)39)32-22(38)20-15(5-4-6-16(20)25)21(37)34-17-8-7-14(33-13(17)2)10-36-19(24(29,30)31)9-18(35-36)23(26,27)28/h4-9,12H,10-11H2,1-3H3,(H,32,38)(H,34,37)/t12-,40?/m0/s1. The molecule has 0 radical (unpaired) electrons. The lowest BCUT2D eigenvalue weighted by Gasteiger charge is -2.16. The summed E-state index contributed by atoms with van der Waals surface area (Å²) in [7, 11) is -1.19. The number of benzene rings is 1. The molecule has 2 amide bonds. The molecule has 0 saturated heterocycles. The molecule has 0 spiro atoms. The third kappa shape index (κ3) is 7.59. The Bertz CT molecular complexity index is 1460. The Morgan fingerprint density at radius 1 is 1.07 bits per heavy atom. The molecular weight excluding hydrogens is 588 g/mol. The molecule has 2 N–H and O–H groups in total. The van der Waals surface area contributed by atoms with Crippen molar-refractivity contribution >= 4 is 39.9 Å². The minimum absolute atomic E-state index is 0.0157. The summed E-state index contributed by atoms with van der Waals surface area (Å²) in [5.41, 5.74) is -3.30. The smallest absolute Gasteiger partial charge is 0.349 e. The maximum Gasteiger partial charge on any atom is 0.435 e. The molecule has 0 saturated carbocycles. The van der Waals surface area contributed by atoms with E-state index in [0.717, 1.165) is 0 Å². The number of carbonyl (C=O) groups is 2. The highest BCUT2D eigenvalue weighted by Crippen LogP contribution is 2.35. The Morgan fingerprint density at radius 3 is 2.33 bits per heavy atom. The second kappa shape index (κ2) is 12.0. The summed E-state index contributed by atoms with van der Waals surface area (Å²) in [6, 6.07) is 6.17. The van der Waals surface area contributed by atoms with Gasteiger partial charge in [0.15, 0.2) is 5.69 Å². The summed E-state index contributed by atoms with van der Waals surface area (Å²) in [4.78, 5) is 30.0. The Hall–Kier alpha value is -3.46. The highest BCUT2D eigenvalue weighted by molar-refractivity contribution is 7.84. The number of aromatic nitrogens is 3. The number of hydrogen-bond donors (Lipinski definition) is 2. The molecule has 16 heteroatoms. The molecule has 0 aliphatic carbocycles. The molecule has 1 unspecified atom stereocenters. The van der Waals surface area contributed by atoms with Crippen molar-refractivity contribution in [3.8, 4) is 0 Å². The first-order valence-corrected chi connectivity index (χ1v) is 13.5. The number of nitrogens with one attached hydrogen (secondary N) is 2. The van der Waals surface area contributed by atoms with Crippen molar-refractivity contribution in [2.75, 3.05) is 17.3 Å². The Morgan fingerprint density at radius 2 is 1.75 bits per heavy atom. The average molecular weight is 610 g/mol. The van der Waals surface area contributed by atoms with Crippen molar-refractivity contribution < 1.29 is 40.1 Å². The molecule has 40 heavy (non-hydrogen) atoms. The molecule has 0 fully saturated rings. The molecule has 3 rings (SSSR count). The van der Waals surface area contributed by atoms with Gasteiger partial charge in [-0.3, -0.25) is 23.5 Å². The van der Waals surface area contributed by atoms with Crippen molar-refractivity contribution in [2.24, 2.45) is 0 Å². The number of hydrogen-bond acceptors (Lipinski definition) is 5. The molecule has 0 bridgehead atoms. The first-order valence-electron chi connectivity index (χ1n) is 11.4. The van der Waals surface area contributed by atoms with Gasteiger partial charge in [0.05, 0.1) is 39.8 Å². The molecule has 2 aromatic heterocycles. The van der Waals surface area contributed by atoms with Gasteiger partial charge >= 0.3 is 12.4 Å². The molecule has 2 heterocycles. The predicted octanol–water partition coefficient (Wildman–Crippen LogP) is 5.07. The van der Waals surface area contributed by atoms with Gasteiger partial charge in [-0.1, -0.05) is 17.7 Å². The number of halogens is 7. The molecule has 8 nitrogen and oxygen atoms in total. The van der Waals surface area contributed by atoms with Gasteiger partial charge in [0, 0.05) is 34.9 Å². The molecule has 0 aliphatic rings. The summed E-state index contributed by atoms with van der Waals surface area (Å²) < 4.78 is 90.4. The monoisotopic (exact) mass is 609 g/mol. The van der Waals surface area contributed by atoms with Crippen LogP contribution in [0.4, 0.5) is 32.0 Å². The third-order valence-corrected chi connectivity index (χ3v) is 6.70. The summed E-state index contributed by atoms with van der Waals surface area (Å²) in [5, 5.41) is 8.21. The number of rotatable bonds is 8. The van der Waals surface area contributed by atoms with E-state index < -0.39 is 58.9 Å². The van der Waals surface area contributed by atoms with E-state index in [-0.39, 0.29) is 49.7 Å². The van der Waals surface area contributed by atoms with Gasteiger partial charge in [-0.15, -0.1) is 0 Å². The largest absolute Gasteiger partial charge is 0.435 e. The lowest BCUT2D eigenvalue weighted by molar-refractivity contribution is -0.144. The number of alkyl halides is 6. The number of amides is 2. The number of carbonyl (C=O) groups excluding carboxylic acids is 2. The lowest BCUT2D eigenvalue weighted by atomic mass is 10.1. The Labute approximate surface area is 231 Å². The fraction of sp³-hybridized carbons (Fsp3) is 0.333. The minimum atomic E-state index is -5.09. The fourth-order valence-electron chi connectivity index (χ4n) is 3.71. The second-order valence-electron chi connectivity index (χ2n) is 8.73. The molecule has 2 atom stereocenters. The zero-order valence-corrected chi connectivity index (χ0v) is 22.6. The lowest BCUT2D eigenvalue weighted by Crippen LogP contribution is -2.37. The van der Waals surface area contributed by atoms with Gasteiger partial charge in [0.1, 0.15) is 5.69 Å². The van der Waals surface area contributed by atoms with Crippen LogP contribution in [-0.2, 0) is 29.7 Å². The third-order valence-electron chi connectivity index (χ3n) is 5.41. The van der Waals surface area contributed by atoms with Crippen molar-refractivity contribution in [3.63, 3.8) is 0 Å². The van der Waals surface area contributed by atoms with E-state index in [1.807, 2.05) is 0 Å². The zero-order chi connectivity index (χ0) is 30.0. The van der Waals surface area contributed by atoms with Crippen LogP contribution in [0.25, 0.3) is 0 Å². The average Bonchev–Trinajstić information content (AvgIpc) is 3.25. The summed E-state index contributed by atoms with van der Waals surface area (Å²) >= 11 is 6.19. The molecule has 1 aromatic carbocycles. The maximum atomic E-state index is 13.3. The SMILES string of the molecule is Cc1nc(Cn2nc(C(F)(F)F)cc2C(F)(F)F)ccc1NC(=O)c1cccc(Cl)c1C(=O)N[C@@H](C)CS(C)=O. The van der Waals surface area contributed by atoms with Gasteiger partial charge in [0.25, 0.3) is 11.8 Å². The van der Waals surface area contributed by atoms with Crippen LogP contribution >= 0.6 is 11.6 Å². The molecular formula is C24H22ClF6N5O3S. The van der Waals surface area contributed by atoms with Crippen LogP contribution in [0.3, 0.4) is 0 Å². The van der Waals surface area contributed by atoms with Crippen LogP contribution in [0.2, 0.25) is 5.02 Å². The maximum absolute atomic E-state index is 13.3. The highest BCUT2D eigenvalue weighted by Gasteiger charge is 2.42. The van der Waals surface area contributed by atoms with Crippen LogP contribution in [-0.4, -0.2) is 48.8 Å². The van der Waals surface area contributed by atoms with Crippen LogP contribution < -0.4 is 10.6 Å². The number of pyridine rings is 1. The van der Waals surface area contributed by atoms with E-state index in [2.05, 4.69) is 20.7 Å². The van der Waals surface area contributed by atoms with Gasteiger partial charge < -0.3 is 10.6 Å². The Balaban J connectivity index is 1.84. The van der Waals surface area contributed by atoms with Gasteiger partial charge in [-0.25, -0.2) is 0 Å². The number of anilines is 1. The van der Waals surface area contributed by atoms with E-state index >= 15 is 0 Å². The zero-order valence-electron chi connectivity index (χ0n) is 21.1. The molecule has 216 valence electrons. The highest BCUT2D eigenvalue weighted by atomic mass is 35.5. The van der Waals surface area contributed by atoms with Gasteiger partial charge in [-0.2, -0.15) is 31.4 Å². The van der Waals surface area contributed by atoms with Crippen LogP contribution in [0.1, 0.15) is 50.4 Å². The van der Waals surface area contributed by atoms with Crippen molar-refractivity contribution in [1.82, 2.24) is 20.1 Å². The van der Waals surface area contributed by atoms with E-state index in [0.29, 0.717) is 0 Å². The van der Waals surface area contributed by atoms with Crippen molar-refractivity contribution in [3.05, 3.63) is 75.3 Å². The first kappa shape index (κ1) is 31.1. The second-order valence-corrected chi connectivity index (χ2v) is 10.6. The first-order chi connectivity index (χ1) is 18.5. The minimum Gasteiger partial charge on any atom is -0.349 e. The molecule has 3 aromatic rings. The van der Waals surface area contributed by atoms with E-state index in [1.54, 1.807) is 6.92 Å². The van der Waals surface area contributed by atoms with Crippen LogP contribution in [0.5, 0.6) is 0 Å². The van der Waals surface area contributed by atoms with Gasteiger partial charge in [-0.05, 0) is 38.1 Å². The summed E-state index contributed by atoms with van der Waals surface area (Å²) in [6.07, 6.45) is -8.69. The van der Waals surface area contributed by atoms with E-state index in [9.17, 15) is 40.1 Å². The summed E-state index contributed by atoms with van der Waals surface area (Å²) in [6.45, 7) is 2.34. The number of aryl methyl sites for hydroxylation is 1.